The third-order valence-electron chi connectivity index (χ3n) is 5.15. The number of rotatable bonds is 3. The quantitative estimate of drug-likeness (QED) is 0.642. The Morgan fingerprint density at radius 3 is 2.57 bits per heavy atom. The lowest BCUT2D eigenvalue weighted by Gasteiger charge is -2.38. The first kappa shape index (κ1) is 17.6. The van der Waals surface area contributed by atoms with Crippen LogP contribution in [0.2, 0.25) is 0 Å². The normalized spacial score (nSPS) is 24.5. The lowest BCUT2D eigenvalue weighted by Crippen LogP contribution is -2.33. The van der Waals surface area contributed by atoms with Crippen LogP contribution in [0.25, 0.3) is 0 Å². The van der Waals surface area contributed by atoms with E-state index >= 15 is 0 Å². The van der Waals surface area contributed by atoms with E-state index in [2.05, 4.69) is 26.8 Å². The van der Waals surface area contributed by atoms with Crippen molar-refractivity contribution >= 4 is 5.97 Å². The number of ether oxygens (including phenoxy) is 1. The van der Waals surface area contributed by atoms with E-state index in [1.54, 1.807) is 13.0 Å². The van der Waals surface area contributed by atoms with Crippen molar-refractivity contribution in [3.8, 4) is 5.75 Å². The minimum atomic E-state index is -0.244. The molecule has 1 aliphatic carbocycles. The Hall–Kier alpha value is -1.77. The summed E-state index contributed by atoms with van der Waals surface area (Å²) < 4.78 is 5.77. The van der Waals surface area contributed by atoms with Gasteiger partial charge in [-0.3, -0.25) is 0 Å². The summed E-state index contributed by atoms with van der Waals surface area (Å²) in [7, 11) is 0. The van der Waals surface area contributed by atoms with Crippen molar-refractivity contribution in [2.24, 2.45) is 5.92 Å². The van der Waals surface area contributed by atoms with Crippen LogP contribution >= 0.6 is 0 Å². The molecule has 126 valence electrons. The summed E-state index contributed by atoms with van der Waals surface area (Å²) in [6, 6.07) is 3.95. The van der Waals surface area contributed by atoms with Crippen molar-refractivity contribution in [2.45, 2.75) is 65.9 Å². The first-order valence-corrected chi connectivity index (χ1v) is 8.43. The molecular formula is C20H28O3. The highest BCUT2D eigenvalue weighted by Gasteiger charge is 2.36. The molecule has 0 aromatic heterocycles. The van der Waals surface area contributed by atoms with Crippen LogP contribution in [0.3, 0.4) is 0 Å². The van der Waals surface area contributed by atoms with Gasteiger partial charge in [-0.05, 0) is 61.8 Å². The van der Waals surface area contributed by atoms with E-state index in [-0.39, 0.29) is 18.0 Å². The molecule has 1 N–H and O–H groups in total. The van der Waals surface area contributed by atoms with Crippen LogP contribution in [-0.2, 0) is 9.53 Å². The maximum absolute atomic E-state index is 12.2. The van der Waals surface area contributed by atoms with Crippen LogP contribution in [-0.4, -0.2) is 17.2 Å². The van der Waals surface area contributed by atoms with Crippen molar-refractivity contribution in [1.82, 2.24) is 0 Å². The summed E-state index contributed by atoms with van der Waals surface area (Å²) >= 11 is 0. The smallest absolute Gasteiger partial charge is 0.333 e. The number of allylic oxidation sites excluding steroid dienone is 1. The Balaban J connectivity index is 2.39. The molecule has 1 aromatic rings. The van der Waals surface area contributed by atoms with Crippen LogP contribution < -0.4 is 0 Å². The summed E-state index contributed by atoms with van der Waals surface area (Å²) in [6.07, 6.45) is 2.46. The van der Waals surface area contributed by atoms with Gasteiger partial charge in [0.25, 0.3) is 0 Å². The molecule has 0 fully saturated rings. The van der Waals surface area contributed by atoms with E-state index in [4.69, 9.17) is 4.74 Å². The number of phenolic OH excluding ortho intramolecular Hbond substituents is 1. The van der Waals surface area contributed by atoms with Gasteiger partial charge in [0.1, 0.15) is 11.9 Å². The highest BCUT2D eigenvalue weighted by atomic mass is 16.5. The number of hydrogen-bond acceptors (Lipinski definition) is 3. The minimum absolute atomic E-state index is 0.0834. The van der Waals surface area contributed by atoms with E-state index < -0.39 is 0 Å². The van der Waals surface area contributed by atoms with E-state index in [0.717, 1.165) is 17.5 Å². The number of hydrogen-bond donors (Lipinski definition) is 1. The second-order valence-corrected chi connectivity index (χ2v) is 7.06. The second kappa shape index (κ2) is 6.77. The minimum Gasteiger partial charge on any atom is -0.508 e. The molecule has 3 atom stereocenters. The average molecular weight is 316 g/mol. The Bertz CT molecular complexity index is 628. The largest absolute Gasteiger partial charge is 0.508 e. The van der Waals surface area contributed by atoms with Crippen LogP contribution in [0.15, 0.2) is 23.8 Å². The molecule has 3 nitrogen and oxygen atoms in total. The molecule has 0 heterocycles. The molecule has 0 saturated heterocycles. The zero-order chi connectivity index (χ0) is 17.3. The topological polar surface area (TPSA) is 46.5 Å². The van der Waals surface area contributed by atoms with E-state index in [9.17, 15) is 9.90 Å². The van der Waals surface area contributed by atoms with Gasteiger partial charge in [-0.25, -0.2) is 4.79 Å². The van der Waals surface area contributed by atoms with Crippen molar-refractivity contribution in [1.29, 1.82) is 0 Å². The predicted octanol–water partition coefficient (Wildman–Crippen LogP) is 4.83. The molecule has 0 spiro atoms. The summed E-state index contributed by atoms with van der Waals surface area (Å²) in [5, 5.41) is 10.1. The van der Waals surface area contributed by atoms with Crippen molar-refractivity contribution < 1.29 is 14.6 Å². The molecule has 0 radical (unpaired) electrons. The van der Waals surface area contributed by atoms with Gasteiger partial charge in [-0.1, -0.05) is 32.9 Å². The van der Waals surface area contributed by atoms with Crippen LogP contribution in [0, 0.1) is 12.8 Å². The number of fused-ring (bicyclic) bond motifs is 1. The average Bonchev–Trinajstić information content (AvgIpc) is 2.50. The zero-order valence-electron chi connectivity index (χ0n) is 15.0. The molecule has 0 bridgehead atoms. The lowest BCUT2D eigenvalue weighted by molar-refractivity contribution is -0.146. The molecule has 0 unspecified atom stereocenters. The molecule has 0 amide bonds. The maximum atomic E-state index is 12.2. The molecule has 1 aromatic carbocycles. The Labute approximate surface area is 139 Å². The summed E-state index contributed by atoms with van der Waals surface area (Å²) in [4.78, 5) is 12.2. The molecular weight excluding hydrogens is 288 g/mol. The fraction of sp³-hybridized carbons (Fsp3) is 0.550. The highest BCUT2D eigenvalue weighted by Crippen LogP contribution is 2.45. The zero-order valence-corrected chi connectivity index (χ0v) is 15.0. The van der Waals surface area contributed by atoms with Gasteiger partial charge in [-0.15, -0.1) is 0 Å². The van der Waals surface area contributed by atoms with Gasteiger partial charge in [0.15, 0.2) is 0 Å². The number of esters is 1. The van der Waals surface area contributed by atoms with Gasteiger partial charge < -0.3 is 9.84 Å². The first-order valence-electron chi connectivity index (χ1n) is 8.43. The van der Waals surface area contributed by atoms with Crippen molar-refractivity contribution in [3.63, 3.8) is 0 Å². The van der Waals surface area contributed by atoms with Crippen LogP contribution in [0.5, 0.6) is 5.75 Å². The second-order valence-electron chi connectivity index (χ2n) is 7.06. The summed E-state index contributed by atoms with van der Waals surface area (Å²) in [5.41, 5.74) is 3.93. The Morgan fingerprint density at radius 1 is 1.35 bits per heavy atom. The highest BCUT2D eigenvalue weighted by molar-refractivity contribution is 5.87. The molecule has 0 saturated carbocycles. The SMILES string of the molecule is C/C=C(\C)C(=O)O[C@@H]1C[C@@H](C(C)C)c2cc(C)c(O)cc2[C@@H]1C. The predicted molar refractivity (Wildman–Crippen MR) is 92.8 cm³/mol. The number of benzene rings is 1. The number of carbonyl (C=O) groups is 1. The van der Waals surface area contributed by atoms with Gasteiger partial charge in [-0.2, -0.15) is 0 Å². The van der Waals surface area contributed by atoms with Gasteiger partial charge >= 0.3 is 5.97 Å². The van der Waals surface area contributed by atoms with E-state index in [1.807, 2.05) is 19.9 Å². The molecule has 0 aliphatic heterocycles. The third kappa shape index (κ3) is 3.44. The molecule has 2 rings (SSSR count). The van der Waals surface area contributed by atoms with Crippen LogP contribution in [0.1, 0.15) is 69.6 Å². The van der Waals surface area contributed by atoms with Gasteiger partial charge in [0, 0.05) is 11.5 Å². The van der Waals surface area contributed by atoms with Crippen molar-refractivity contribution in [3.05, 3.63) is 40.5 Å². The molecule has 23 heavy (non-hydrogen) atoms. The lowest BCUT2D eigenvalue weighted by atomic mass is 9.71. The van der Waals surface area contributed by atoms with Crippen LogP contribution in [0.4, 0.5) is 0 Å². The molecule has 3 heteroatoms. The third-order valence-corrected chi connectivity index (χ3v) is 5.15. The summed E-state index contributed by atoms with van der Waals surface area (Å²) in [6.45, 7) is 12.0. The fourth-order valence-corrected chi connectivity index (χ4v) is 3.36. The number of aromatic hydroxyl groups is 1. The van der Waals surface area contributed by atoms with Gasteiger partial charge in [0.2, 0.25) is 0 Å². The molecule has 1 aliphatic rings. The van der Waals surface area contributed by atoms with Gasteiger partial charge in [0.05, 0.1) is 0 Å². The first-order chi connectivity index (χ1) is 10.8. The maximum Gasteiger partial charge on any atom is 0.333 e. The standard InChI is InChI=1S/C20H28O3/c1-7-12(4)20(22)23-19-10-15(11(2)3)17-8-13(5)18(21)9-16(17)14(19)6/h7-9,11,14-15,19,21H,10H2,1-6H3/b12-7+/t14-,15-,19+/m0/s1. The van der Waals surface area contributed by atoms with E-state index in [1.165, 1.54) is 5.56 Å². The number of carbonyl (C=O) groups excluding carboxylic acids is 1. The number of phenols is 1. The van der Waals surface area contributed by atoms with Crippen molar-refractivity contribution in [2.75, 3.05) is 0 Å². The fourth-order valence-electron chi connectivity index (χ4n) is 3.36. The Kier molecular flexibility index (Phi) is 5.18. The summed E-state index contributed by atoms with van der Waals surface area (Å²) in [5.74, 6) is 0.944. The number of aryl methyl sites for hydroxylation is 1. The Morgan fingerprint density at radius 2 is 2.00 bits per heavy atom. The monoisotopic (exact) mass is 316 g/mol. The van der Waals surface area contributed by atoms with E-state index in [0.29, 0.717) is 23.2 Å².